The Kier molecular flexibility index (Phi) is 12.8. The first-order chi connectivity index (χ1) is 23.4. The van der Waals surface area contributed by atoms with Crippen LogP contribution in [-0.2, 0) is 38.6 Å². The van der Waals surface area contributed by atoms with Gasteiger partial charge in [0.1, 0.15) is 19.0 Å². The molecule has 2 aliphatic rings. The van der Waals surface area contributed by atoms with Gasteiger partial charge in [0.2, 0.25) is 11.8 Å². The third-order valence-electron chi connectivity index (χ3n) is 9.41. The molecule has 3 atom stereocenters. The predicted octanol–water partition coefficient (Wildman–Crippen LogP) is 5.86. The van der Waals surface area contributed by atoms with Gasteiger partial charge in [-0.2, -0.15) is 0 Å². The third kappa shape index (κ3) is 10.5. The van der Waals surface area contributed by atoms with Gasteiger partial charge in [-0.1, -0.05) is 97.8 Å². The lowest BCUT2D eigenvalue weighted by Crippen LogP contribution is -2.53. The van der Waals surface area contributed by atoms with Crippen LogP contribution in [0.4, 0.5) is 0 Å². The van der Waals surface area contributed by atoms with E-state index in [0.717, 1.165) is 48.1 Å². The molecule has 8 nitrogen and oxygen atoms in total. The second kappa shape index (κ2) is 17.6. The van der Waals surface area contributed by atoms with Crippen LogP contribution in [0.5, 0.6) is 5.75 Å². The van der Waals surface area contributed by atoms with E-state index in [1.807, 2.05) is 97.1 Å². The van der Waals surface area contributed by atoms with Crippen LogP contribution in [0.25, 0.3) is 0 Å². The van der Waals surface area contributed by atoms with Crippen LogP contribution in [0.15, 0.2) is 97.1 Å². The summed E-state index contributed by atoms with van der Waals surface area (Å²) in [5.41, 5.74) is 2.50. The second-order valence-electron chi connectivity index (χ2n) is 13.2. The zero-order chi connectivity index (χ0) is 33.6. The molecule has 1 saturated carbocycles. The van der Waals surface area contributed by atoms with Crippen molar-refractivity contribution >= 4 is 17.8 Å². The van der Waals surface area contributed by atoms with E-state index in [2.05, 4.69) is 10.6 Å². The zero-order valence-electron chi connectivity index (χ0n) is 27.7. The van der Waals surface area contributed by atoms with Crippen molar-refractivity contribution in [3.05, 3.63) is 114 Å². The first-order valence-electron chi connectivity index (χ1n) is 17.2. The van der Waals surface area contributed by atoms with Crippen molar-refractivity contribution in [1.29, 1.82) is 0 Å². The van der Waals surface area contributed by atoms with Crippen molar-refractivity contribution in [2.45, 2.75) is 82.4 Å². The monoisotopic (exact) mass is 652 g/mol. The number of hydrogen-bond acceptors (Lipinski definition) is 6. The number of nitrogens with one attached hydrogen (secondary N) is 2. The van der Waals surface area contributed by atoms with Crippen LogP contribution in [-0.4, -0.2) is 47.7 Å². The SMILES string of the molecule is O=C(CC1CC=CCCC(Cc2ccccc2)C(=O)OCC2(CCCC2)NC1=O)NC(CO)Cc1ccc(OCc2ccccc2)cc1. The Hall–Kier alpha value is -4.43. The van der Waals surface area contributed by atoms with Gasteiger partial charge in [-0.15, -0.1) is 0 Å². The molecule has 48 heavy (non-hydrogen) atoms. The van der Waals surface area contributed by atoms with E-state index in [4.69, 9.17) is 9.47 Å². The van der Waals surface area contributed by atoms with Crippen LogP contribution in [0, 0.1) is 11.8 Å². The Morgan fingerprint density at radius 2 is 1.58 bits per heavy atom. The molecule has 2 amide bonds. The molecule has 0 radical (unpaired) electrons. The molecule has 0 saturated heterocycles. The topological polar surface area (TPSA) is 114 Å². The molecule has 3 aromatic carbocycles. The van der Waals surface area contributed by atoms with Crippen LogP contribution in [0.2, 0.25) is 0 Å². The van der Waals surface area contributed by atoms with Crippen LogP contribution < -0.4 is 15.4 Å². The van der Waals surface area contributed by atoms with Gasteiger partial charge in [0.25, 0.3) is 0 Å². The Bertz CT molecular complexity index is 1490. The highest BCUT2D eigenvalue weighted by molar-refractivity contribution is 5.86. The van der Waals surface area contributed by atoms with Crippen molar-refractivity contribution in [3.63, 3.8) is 0 Å². The maximum absolute atomic E-state index is 13.7. The number of ether oxygens (including phenoxy) is 2. The van der Waals surface area contributed by atoms with Gasteiger partial charge in [-0.05, 0) is 73.8 Å². The molecule has 0 aromatic heterocycles. The quantitative estimate of drug-likeness (QED) is 0.177. The lowest BCUT2D eigenvalue weighted by atomic mass is 9.94. The highest BCUT2D eigenvalue weighted by Gasteiger charge is 2.39. The Balaban J connectivity index is 1.19. The molecule has 1 aliphatic carbocycles. The van der Waals surface area contributed by atoms with Gasteiger partial charge in [0.05, 0.1) is 30.0 Å². The van der Waals surface area contributed by atoms with E-state index in [1.165, 1.54) is 0 Å². The van der Waals surface area contributed by atoms with Crippen LogP contribution >= 0.6 is 0 Å². The molecule has 1 spiro atoms. The van der Waals surface area contributed by atoms with E-state index in [9.17, 15) is 19.5 Å². The van der Waals surface area contributed by atoms with Crippen LogP contribution in [0.1, 0.15) is 68.1 Å². The molecule has 5 rings (SSSR count). The Morgan fingerprint density at radius 1 is 0.896 bits per heavy atom. The Morgan fingerprint density at radius 3 is 2.27 bits per heavy atom. The van der Waals surface area contributed by atoms with E-state index >= 15 is 0 Å². The lowest BCUT2D eigenvalue weighted by molar-refractivity contribution is -0.152. The highest BCUT2D eigenvalue weighted by atomic mass is 16.5. The summed E-state index contributed by atoms with van der Waals surface area (Å²) in [6.07, 6.45) is 10.0. The van der Waals surface area contributed by atoms with E-state index in [1.54, 1.807) is 0 Å². The molecule has 1 heterocycles. The summed E-state index contributed by atoms with van der Waals surface area (Å²) in [4.78, 5) is 40.2. The van der Waals surface area contributed by atoms with Gasteiger partial charge in [0, 0.05) is 6.42 Å². The number of allylic oxidation sites excluding steroid dienone is 2. The van der Waals surface area contributed by atoms with Crippen molar-refractivity contribution in [2.75, 3.05) is 13.2 Å². The number of cyclic esters (lactones) is 1. The number of rotatable bonds is 11. The molecule has 254 valence electrons. The van der Waals surface area contributed by atoms with Crippen molar-refractivity contribution in [1.82, 2.24) is 10.6 Å². The summed E-state index contributed by atoms with van der Waals surface area (Å²) in [7, 11) is 0. The number of carbonyl (C=O) groups is 3. The molecule has 8 heteroatoms. The fourth-order valence-corrected chi connectivity index (χ4v) is 6.63. The summed E-state index contributed by atoms with van der Waals surface area (Å²) >= 11 is 0. The summed E-state index contributed by atoms with van der Waals surface area (Å²) < 4.78 is 11.8. The highest BCUT2D eigenvalue weighted by Crippen LogP contribution is 2.32. The molecule has 3 N–H and O–H groups in total. The largest absolute Gasteiger partial charge is 0.489 e. The number of benzene rings is 3. The molecular formula is C40H48N2O6. The maximum atomic E-state index is 13.7. The number of aliphatic hydroxyl groups is 1. The minimum atomic E-state index is -0.624. The first kappa shape index (κ1) is 34.9. The fraction of sp³-hybridized carbons (Fsp3) is 0.425. The van der Waals surface area contributed by atoms with Gasteiger partial charge in [-0.3, -0.25) is 14.4 Å². The second-order valence-corrected chi connectivity index (χ2v) is 13.2. The molecule has 3 unspecified atom stereocenters. The fourth-order valence-electron chi connectivity index (χ4n) is 6.63. The summed E-state index contributed by atoms with van der Waals surface area (Å²) in [6, 6.07) is 27.1. The first-order valence-corrected chi connectivity index (χ1v) is 17.2. The maximum Gasteiger partial charge on any atom is 0.309 e. The summed E-state index contributed by atoms with van der Waals surface area (Å²) in [6.45, 7) is 0.381. The van der Waals surface area contributed by atoms with E-state index < -0.39 is 17.5 Å². The smallest absolute Gasteiger partial charge is 0.309 e. The van der Waals surface area contributed by atoms with Crippen molar-refractivity contribution in [2.24, 2.45) is 11.8 Å². The Labute approximate surface area is 283 Å². The third-order valence-corrected chi connectivity index (χ3v) is 9.41. The van der Waals surface area contributed by atoms with Gasteiger partial charge in [0.15, 0.2) is 0 Å². The van der Waals surface area contributed by atoms with Crippen molar-refractivity contribution in [3.8, 4) is 5.75 Å². The molecule has 3 aromatic rings. The van der Waals surface area contributed by atoms with Gasteiger partial charge in [-0.25, -0.2) is 0 Å². The number of amides is 2. The number of aliphatic hydroxyl groups excluding tert-OH is 1. The number of hydrogen-bond donors (Lipinski definition) is 3. The number of carbonyl (C=O) groups excluding carboxylic acids is 3. The van der Waals surface area contributed by atoms with Gasteiger partial charge >= 0.3 is 5.97 Å². The average Bonchev–Trinajstić information content (AvgIpc) is 3.57. The van der Waals surface area contributed by atoms with Crippen LogP contribution in [0.3, 0.4) is 0 Å². The van der Waals surface area contributed by atoms with Gasteiger partial charge < -0.3 is 25.2 Å². The summed E-state index contributed by atoms with van der Waals surface area (Å²) in [5.74, 6) is -0.847. The van der Waals surface area contributed by atoms with E-state index in [-0.39, 0.29) is 43.3 Å². The minimum Gasteiger partial charge on any atom is -0.489 e. The molecule has 0 bridgehead atoms. The molecule has 1 aliphatic heterocycles. The van der Waals surface area contributed by atoms with Crippen molar-refractivity contribution < 1.29 is 29.0 Å². The predicted molar refractivity (Wildman–Crippen MR) is 185 cm³/mol. The number of esters is 1. The lowest BCUT2D eigenvalue weighted by Gasteiger charge is -2.32. The molecular weight excluding hydrogens is 604 g/mol. The van der Waals surface area contributed by atoms with E-state index in [0.29, 0.717) is 38.7 Å². The average molecular weight is 653 g/mol. The standard InChI is InChI=1S/C40H48N2O6/c43-27-35(25-31-18-20-36(21-19-31)47-28-32-14-6-2-7-15-32)41-37(44)26-33-16-8-3-9-17-34(24-30-12-4-1-5-13-30)39(46)48-29-40(42-38(33)45)22-10-11-23-40/h1-8,12-15,18-21,33-35,43H,9-11,16-17,22-29H2,(H,41,44)(H,42,45). The normalized spacial score (nSPS) is 20.4. The molecule has 1 fully saturated rings. The minimum absolute atomic E-state index is 0.00850. The summed E-state index contributed by atoms with van der Waals surface area (Å²) in [5, 5.41) is 16.3. The zero-order valence-corrected chi connectivity index (χ0v) is 27.7.